The number of nitrogens with zero attached hydrogens (tertiary/aromatic N) is 2. The van der Waals surface area contributed by atoms with Gasteiger partial charge in [0, 0.05) is 12.3 Å². The Morgan fingerprint density at radius 2 is 2.42 bits per heavy atom. The fraction of sp³-hybridized carbons (Fsp3) is 0.125. The number of aromatic nitrogens is 2. The zero-order valence-electron chi connectivity index (χ0n) is 6.69. The number of nitrogen functional groups attached to an aromatic ring is 1. The minimum absolute atomic E-state index is 0.609. The molecule has 0 saturated heterocycles. The molecule has 62 valence electrons. The van der Waals surface area contributed by atoms with Crippen molar-refractivity contribution >= 4 is 5.69 Å². The van der Waals surface area contributed by atoms with Gasteiger partial charge in [-0.1, -0.05) is 0 Å². The van der Waals surface area contributed by atoms with E-state index in [9.17, 15) is 0 Å². The maximum atomic E-state index is 5.49. The number of rotatable bonds is 1. The van der Waals surface area contributed by atoms with E-state index in [-0.39, 0.29) is 0 Å². The van der Waals surface area contributed by atoms with E-state index in [2.05, 4.69) is 5.10 Å². The standard InChI is InChI=1S/C8H9N3O/c1-6-2-3-11(10-6)8-4-7(9)5-12-8/h2-5H,9H2,1H3. The highest BCUT2D eigenvalue weighted by Gasteiger charge is 2.01. The van der Waals surface area contributed by atoms with Gasteiger partial charge in [-0.25, -0.2) is 4.68 Å². The summed E-state index contributed by atoms with van der Waals surface area (Å²) >= 11 is 0. The summed E-state index contributed by atoms with van der Waals surface area (Å²) in [4.78, 5) is 0. The lowest BCUT2D eigenvalue weighted by Crippen LogP contribution is -1.92. The predicted octanol–water partition coefficient (Wildman–Crippen LogP) is 1.36. The molecule has 0 saturated carbocycles. The fourth-order valence-electron chi connectivity index (χ4n) is 0.997. The highest BCUT2D eigenvalue weighted by molar-refractivity contribution is 5.40. The summed E-state index contributed by atoms with van der Waals surface area (Å²) in [5.74, 6) is 0.639. The third-order valence-corrected chi connectivity index (χ3v) is 1.55. The highest BCUT2D eigenvalue weighted by Crippen LogP contribution is 2.13. The first-order valence-corrected chi connectivity index (χ1v) is 3.62. The molecule has 0 amide bonds. The Kier molecular flexibility index (Phi) is 1.40. The van der Waals surface area contributed by atoms with Crippen LogP contribution in [0.15, 0.2) is 29.0 Å². The van der Waals surface area contributed by atoms with Crippen molar-refractivity contribution in [1.29, 1.82) is 0 Å². The van der Waals surface area contributed by atoms with Gasteiger partial charge in [0.1, 0.15) is 6.26 Å². The molecule has 0 atom stereocenters. The van der Waals surface area contributed by atoms with E-state index in [1.165, 1.54) is 6.26 Å². The molecule has 0 aliphatic rings. The molecule has 2 heterocycles. The van der Waals surface area contributed by atoms with E-state index in [1.54, 1.807) is 10.7 Å². The van der Waals surface area contributed by atoms with Crippen molar-refractivity contribution in [2.45, 2.75) is 6.92 Å². The van der Waals surface area contributed by atoms with Crippen LogP contribution in [0.3, 0.4) is 0 Å². The molecular formula is C8H9N3O. The van der Waals surface area contributed by atoms with Crippen LogP contribution in [0.5, 0.6) is 0 Å². The summed E-state index contributed by atoms with van der Waals surface area (Å²) in [6.07, 6.45) is 3.32. The summed E-state index contributed by atoms with van der Waals surface area (Å²) in [5.41, 5.74) is 7.05. The van der Waals surface area contributed by atoms with Crippen LogP contribution >= 0.6 is 0 Å². The van der Waals surface area contributed by atoms with Gasteiger partial charge < -0.3 is 10.2 Å². The second-order valence-electron chi connectivity index (χ2n) is 2.62. The van der Waals surface area contributed by atoms with Crippen molar-refractivity contribution < 1.29 is 4.42 Å². The molecule has 0 aromatic carbocycles. The molecule has 4 heteroatoms. The van der Waals surface area contributed by atoms with Crippen LogP contribution in [0.1, 0.15) is 5.69 Å². The molecule has 0 aliphatic heterocycles. The summed E-state index contributed by atoms with van der Waals surface area (Å²) < 4.78 is 6.78. The zero-order valence-corrected chi connectivity index (χ0v) is 6.69. The maximum absolute atomic E-state index is 5.49. The van der Waals surface area contributed by atoms with Gasteiger partial charge >= 0.3 is 0 Å². The number of furan rings is 1. The Balaban J connectivity index is 2.43. The van der Waals surface area contributed by atoms with Crippen LogP contribution in [-0.4, -0.2) is 9.78 Å². The normalized spacial score (nSPS) is 10.4. The van der Waals surface area contributed by atoms with E-state index in [0.717, 1.165) is 5.69 Å². The quantitative estimate of drug-likeness (QED) is 0.690. The van der Waals surface area contributed by atoms with Crippen molar-refractivity contribution in [3.05, 3.63) is 30.3 Å². The third kappa shape index (κ3) is 1.07. The third-order valence-electron chi connectivity index (χ3n) is 1.55. The fourth-order valence-corrected chi connectivity index (χ4v) is 0.997. The molecule has 12 heavy (non-hydrogen) atoms. The molecule has 4 nitrogen and oxygen atoms in total. The van der Waals surface area contributed by atoms with Gasteiger partial charge in [0.05, 0.1) is 11.4 Å². The van der Waals surface area contributed by atoms with Crippen molar-refractivity contribution in [2.24, 2.45) is 0 Å². The molecule has 2 aromatic rings. The SMILES string of the molecule is Cc1ccn(-c2cc(N)co2)n1. The number of hydrogen-bond donors (Lipinski definition) is 1. The van der Waals surface area contributed by atoms with Crippen LogP contribution in [-0.2, 0) is 0 Å². The molecular weight excluding hydrogens is 154 g/mol. The van der Waals surface area contributed by atoms with Gasteiger partial charge in [0.25, 0.3) is 0 Å². The number of anilines is 1. The summed E-state index contributed by atoms with van der Waals surface area (Å²) in [6, 6.07) is 3.63. The van der Waals surface area contributed by atoms with Gasteiger partial charge in [0.2, 0.25) is 5.88 Å². The topological polar surface area (TPSA) is 57.0 Å². The molecule has 0 bridgehead atoms. The lowest BCUT2D eigenvalue weighted by molar-refractivity contribution is 0.522. The van der Waals surface area contributed by atoms with Gasteiger partial charge in [0.15, 0.2) is 0 Å². The van der Waals surface area contributed by atoms with Gasteiger partial charge in [-0.2, -0.15) is 5.10 Å². The van der Waals surface area contributed by atoms with E-state index in [4.69, 9.17) is 10.2 Å². The minimum atomic E-state index is 0.609. The van der Waals surface area contributed by atoms with Gasteiger partial charge in [-0.05, 0) is 13.0 Å². The zero-order chi connectivity index (χ0) is 8.55. The van der Waals surface area contributed by atoms with Gasteiger partial charge in [-0.3, -0.25) is 0 Å². The Morgan fingerprint density at radius 3 is 2.92 bits per heavy atom. The molecule has 2 aromatic heterocycles. The first-order valence-electron chi connectivity index (χ1n) is 3.62. The van der Waals surface area contributed by atoms with Crippen molar-refractivity contribution in [3.63, 3.8) is 0 Å². The average Bonchev–Trinajstić information content (AvgIpc) is 2.58. The molecule has 0 fully saturated rings. The molecule has 0 unspecified atom stereocenters. The van der Waals surface area contributed by atoms with Crippen LogP contribution in [0.25, 0.3) is 5.88 Å². The number of hydrogen-bond acceptors (Lipinski definition) is 3. The van der Waals surface area contributed by atoms with Gasteiger partial charge in [-0.15, -0.1) is 0 Å². The Hall–Kier alpha value is -1.71. The molecule has 0 radical (unpaired) electrons. The lowest BCUT2D eigenvalue weighted by atomic mass is 10.5. The van der Waals surface area contributed by atoms with Crippen molar-refractivity contribution in [3.8, 4) is 5.88 Å². The molecule has 2 rings (SSSR count). The maximum Gasteiger partial charge on any atom is 0.221 e. The average molecular weight is 163 g/mol. The highest BCUT2D eigenvalue weighted by atomic mass is 16.3. The van der Waals surface area contributed by atoms with Crippen LogP contribution < -0.4 is 5.73 Å². The Labute approximate surface area is 69.6 Å². The molecule has 0 aliphatic carbocycles. The summed E-state index contributed by atoms with van der Waals surface area (Å²) in [7, 11) is 0. The largest absolute Gasteiger partial charge is 0.444 e. The van der Waals surface area contributed by atoms with E-state index in [0.29, 0.717) is 11.6 Å². The van der Waals surface area contributed by atoms with Crippen LogP contribution in [0.4, 0.5) is 5.69 Å². The Morgan fingerprint density at radius 1 is 1.58 bits per heavy atom. The first kappa shape index (κ1) is 6.97. The molecule has 0 spiro atoms. The van der Waals surface area contributed by atoms with E-state index >= 15 is 0 Å². The van der Waals surface area contributed by atoms with Crippen LogP contribution in [0, 0.1) is 6.92 Å². The number of nitrogens with two attached hydrogens (primary N) is 1. The Bertz CT molecular complexity index is 350. The lowest BCUT2D eigenvalue weighted by Gasteiger charge is -1.91. The monoisotopic (exact) mass is 163 g/mol. The van der Waals surface area contributed by atoms with Crippen LogP contribution in [0.2, 0.25) is 0 Å². The smallest absolute Gasteiger partial charge is 0.221 e. The van der Waals surface area contributed by atoms with E-state index in [1.807, 2.05) is 19.2 Å². The molecule has 2 N–H and O–H groups in total. The second kappa shape index (κ2) is 2.41. The first-order chi connectivity index (χ1) is 5.75. The second-order valence-corrected chi connectivity index (χ2v) is 2.62. The number of aryl methyl sites for hydroxylation is 1. The van der Waals surface area contributed by atoms with Crippen molar-refractivity contribution in [2.75, 3.05) is 5.73 Å². The minimum Gasteiger partial charge on any atom is -0.444 e. The summed E-state index contributed by atoms with van der Waals surface area (Å²) in [5, 5.41) is 4.16. The van der Waals surface area contributed by atoms with Crippen molar-refractivity contribution in [1.82, 2.24) is 9.78 Å². The summed E-state index contributed by atoms with van der Waals surface area (Å²) in [6.45, 7) is 1.92. The predicted molar refractivity (Wildman–Crippen MR) is 45.0 cm³/mol. The van der Waals surface area contributed by atoms with E-state index < -0.39 is 0 Å².